The van der Waals surface area contributed by atoms with Gasteiger partial charge in [0.2, 0.25) is 0 Å². The van der Waals surface area contributed by atoms with Gasteiger partial charge in [-0.1, -0.05) is 23.4 Å². The third-order valence-electron chi connectivity index (χ3n) is 2.69. The number of carbonyl (C=O) groups is 1. The van der Waals surface area contributed by atoms with Gasteiger partial charge in [0.1, 0.15) is 5.41 Å². The van der Waals surface area contributed by atoms with Crippen molar-refractivity contribution in [1.29, 1.82) is 0 Å². The topological polar surface area (TPSA) is 68.0 Å². The van der Waals surface area contributed by atoms with Gasteiger partial charge in [-0.05, 0) is 26.0 Å². The first-order chi connectivity index (χ1) is 8.01. The smallest absolute Gasteiger partial charge is 0.315 e. The summed E-state index contributed by atoms with van der Waals surface area (Å²) in [6.45, 7) is 3.21. The number of rotatable bonds is 3. The predicted molar refractivity (Wildman–Crippen MR) is 62.0 cm³/mol. The summed E-state index contributed by atoms with van der Waals surface area (Å²) in [6.07, 6.45) is 1.64. The number of aliphatic carboxylic acids is 1. The molecule has 1 N–H and O–H groups in total. The molecular formula is C12H13N3O2. The first-order valence-electron chi connectivity index (χ1n) is 5.23. The van der Waals surface area contributed by atoms with Crippen molar-refractivity contribution in [1.82, 2.24) is 15.0 Å². The second-order valence-corrected chi connectivity index (χ2v) is 4.31. The van der Waals surface area contributed by atoms with Crippen LogP contribution in [0.15, 0.2) is 36.5 Å². The van der Waals surface area contributed by atoms with Crippen LogP contribution in [0.2, 0.25) is 0 Å². The Bertz CT molecular complexity index is 532. The Hall–Kier alpha value is -2.17. The number of carboxylic acid groups (broad SMARTS) is 1. The highest BCUT2D eigenvalue weighted by molar-refractivity contribution is 5.79. The number of benzene rings is 1. The molecule has 0 aliphatic rings. The Labute approximate surface area is 98.7 Å². The number of aromatic nitrogens is 3. The van der Waals surface area contributed by atoms with E-state index in [0.717, 1.165) is 5.69 Å². The van der Waals surface area contributed by atoms with Crippen molar-refractivity contribution in [3.8, 4) is 5.69 Å². The number of carboxylic acids is 1. The Balaban J connectivity index is 2.38. The molecule has 88 valence electrons. The van der Waals surface area contributed by atoms with Gasteiger partial charge in [0, 0.05) is 0 Å². The van der Waals surface area contributed by atoms with Gasteiger partial charge in [-0.25, -0.2) is 4.68 Å². The molecule has 2 rings (SSSR count). The van der Waals surface area contributed by atoms with Crippen molar-refractivity contribution in [2.45, 2.75) is 19.3 Å². The maximum atomic E-state index is 11.1. The molecule has 5 nitrogen and oxygen atoms in total. The van der Waals surface area contributed by atoms with Crippen molar-refractivity contribution in [3.05, 3.63) is 42.2 Å². The van der Waals surface area contributed by atoms with Crippen LogP contribution in [0.25, 0.3) is 5.69 Å². The van der Waals surface area contributed by atoms with Crippen molar-refractivity contribution in [2.75, 3.05) is 0 Å². The first-order valence-corrected chi connectivity index (χ1v) is 5.23. The van der Waals surface area contributed by atoms with E-state index in [9.17, 15) is 4.79 Å². The molecule has 0 atom stereocenters. The minimum atomic E-state index is -1.03. The molecule has 0 spiro atoms. The Morgan fingerprint density at radius 2 is 1.94 bits per heavy atom. The monoisotopic (exact) mass is 231 g/mol. The molecule has 1 heterocycles. The van der Waals surface area contributed by atoms with Crippen LogP contribution in [0.3, 0.4) is 0 Å². The summed E-state index contributed by atoms with van der Waals surface area (Å²) in [5.74, 6) is -0.919. The molecule has 0 fully saturated rings. The quantitative estimate of drug-likeness (QED) is 0.871. The van der Waals surface area contributed by atoms with Gasteiger partial charge in [0.15, 0.2) is 0 Å². The fourth-order valence-electron chi connectivity index (χ4n) is 1.37. The van der Waals surface area contributed by atoms with Crippen molar-refractivity contribution >= 4 is 5.97 Å². The van der Waals surface area contributed by atoms with Gasteiger partial charge in [-0.3, -0.25) is 4.79 Å². The van der Waals surface area contributed by atoms with Gasteiger partial charge in [0.25, 0.3) is 0 Å². The Morgan fingerprint density at radius 3 is 2.53 bits per heavy atom. The molecular weight excluding hydrogens is 218 g/mol. The average Bonchev–Trinajstić information content (AvgIpc) is 2.80. The van der Waals surface area contributed by atoms with Crippen molar-refractivity contribution < 1.29 is 9.90 Å². The third kappa shape index (κ3) is 2.04. The molecule has 0 aliphatic heterocycles. The zero-order chi connectivity index (χ0) is 12.5. The summed E-state index contributed by atoms with van der Waals surface area (Å²) in [6, 6.07) is 9.44. The van der Waals surface area contributed by atoms with E-state index in [0.29, 0.717) is 5.69 Å². The molecule has 2 aromatic rings. The van der Waals surface area contributed by atoms with E-state index in [-0.39, 0.29) is 0 Å². The Morgan fingerprint density at radius 1 is 1.29 bits per heavy atom. The van der Waals surface area contributed by atoms with Crippen molar-refractivity contribution in [2.24, 2.45) is 0 Å². The summed E-state index contributed by atoms with van der Waals surface area (Å²) in [4.78, 5) is 11.1. The van der Waals surface area contributed by atoms with E-state index in [1.54, 1.807) is 24.7 Å². The van der Waals surface area contributed by atoms with Gasteiger partial charge >= 0.3 is 5.97 Å². The third-order valence-corrected chi connectivity index (χ3v) is 2.69. The largest absolute Gasteiger partial charge is 0.481 e. The van der Waals surface area contributed by atoms with E-state index in [1.165, 1.54) is 0 Å². The van der Waals surface area contributed by atoms with Crippen LogP contribution < -0.4 is 0 Å². The lowest BCUT2D eigenvalue weighted by atomic mass is 9.90. The number of hydrogen-bond acceptors (Lipinski definition) is 3. The summed E-state index contributed by atoms with van der Waals surface area (Å²) >= 11 is 0. The molecule has 0 saturated carbocycles. The van der Waals surface area contributed by atoms with Crippen LogP contribution in [0.1, 0.15) is 19.5 Å². The summed E-state index contributed by atoms with van der Waals surface area (Å²) in [5.41, 5.74) is 0.258. The van der Waals surface area contributed by atoms with Crippen LogP contribution in [-0.4, -0.2) is 26.1 Å². The first kappa shape index (κ1) is 11.3. The molecule has 17 heavy (non-hydrogen) atoms. The maximum absolute atomic E-state index is 11.1. The summed E-state index contributed by atoms with van der Waals surface area (Å²) in [5, 5.41) is 17.0. The van der Waals surface area contributed by atoms with Gasteiger partial charge in [0.05, 0.1) is 17.6 Å². The van der Waals surface area contributed by atoms with Gasteiger partial charge < -0.3 is 5.11 Å². The van der Waals surface area contributed by atoms with E-state index < -0.39 is 11.4 Å². The zero-order valence-corrected chi connectivity index (χ0v) is 9.66. The minimum Gasteiger partial charge on any atom is -0.481 e. The predicted octanol–water partition coefficient (Wildman–Crippen LogP) is 1.63. The molecule has 1 aromatic heterocycles. The molecule has 0 bridgehead atoms. The lowest BCUT2D eigenvalue weighted by Crippen LogP contribution is -2.28. The molecule has 1 aromatic carbocycles. The highest BCUT2D eigenvalue weighted by atomic mass is 16.4. The lowest BCUT2D eigenvalue weighted by molar-refractivity contribution is -0.142. The molecule has 5 heteroatoms. The van der Waals surface area contributed by atoms with Crippen LogP contribution >= 0.6 is 0 Å². The number of nitrogens with zero attached hydrogens (tertiary/aromatic N) is 3. The summed E-state index contributed by atoms with van der Waals surface area (Å²) in [7, 11) is 0. The molecule has 0 amide bonds. The standard InChI is InChI=1S/C12H13N3O2/c1-12(2,11(16)17)10-8-15(14-13-10)9-6-4-3-5-7-9/h3-8H,1-2H3,(H,16,17). The second-order valence-electron chi connectivity index (χ2n) is 4.31. The van der Waals surface area contributed by atoms with Crippen LogP contribution in [0, 0.1) is 0 Å². The van der Waals surface area contributed by atoms with Crippen LogP contribution in [-0.2, 0) is 10.2 Å². The Kier molecular flexibility index (Phi) is 2.67. The van der Waals surface area contributed by atoms with E-state index >= 15 is 0 Å². The average molecular weight is 231 g/mol. The minimum absolute atomic E-state index is 0.439. The molecule has 0 aliphatic carbocycles. The lowest BCUT2D eigenvalue weighted by Gasteiger charge is -2.14. The summed E-state index contributed by atoms with van der Waals surface area (Å²) < 4.78 is 1.57. The van der Waals surface area contributed by atoms with E-state index in [2.05, 4.69) is 10.3 Å². The number of hydrogen-bond donors (Lipinski definition) is 1. The van der Waals surface area contributed by atoms with Gasteiger partial charge in [-0.15, -0.1) is 5.10 Å². The highest BCUT2D eigenvalue weighted by Crippen LogP contribution is 2.21. The van der Waals surface area contributed by atoms with E-state index in [1.807, 2.05) is 30.3 Å². The van der Waals surface area contributed by atoms with E-state index in [4.69, 9.17) is 5.11 Å². The zero-order valence-electron chi connectivity index (χ0n) is 9.66. The van der Waals surface area contributed by atoms with Crippen LogP contribution in [0.4, 0.5) is 0 Å². The number of para-hydroxylation sites is 1. The van der Waals surface area contributed by atoms with Crippen LogP contribution in [0.5, 0.6) is 0 Å². The normalized spacial score (nSPS) is 11.4. The van der Waals surface area contributed by atoms with Gasteiger partial charge in [-0.2, -0.15) is 0 Å². The fraction of sp³-hybridized carbons (Fsp3) is 0.250. The second kappa shape index (κ2) is 4.01. The van der Waals surface area contributed by atoms with Crippen molar-refractivity contribution in [3.63, 3.8) is 0 Å². The highest BCUT2D eigenvalue weighted by Gasteiger charge is 2.32. The maximum Gasteiger partial charge on any atom is 0.315 e. The molecule has 0 saturated heterocycles. The fourth-order valence-corrected chi connectivity index (χ4v) is 1.37. The molecule has 0 unspecified atom stereocenters. The molecule has 0 radical (unpaired) electrons. The SMILES string of the molecule is CC(C)(C(=O)O)c1cn(-c2ccccc2)nn1.